The summed E-state index contributed by atoms with van der Waals surface area (Å²) in [6.45, 7) is 8.47. The van der Waals surface area contributed by atoms with Crippen LogP contribution in [0.3, 0.4) is 0 Å². The van der Waals surface area contributed by atoms with E-state index in [9.17, 15) is 0 Å². The van der Waals surface area contributed by atoms with Crippen LogP contribution in [-0.4, -0.2) is 15.4 Å². The van der Waals surface area contributed by atoms with Crippen LogP contribution < -0.4 is 9.92 Å². The Bertz CT molecular complexity index is 365. The van der Waals surface area contributed by atoms with Crippen molar-refractivity contribution in [2.45, 2.75) is 32.5 Å². The predicted octanol–water partition coefficient (Wildman–Crippen LogP) is 1.97. The van der Waals surface area contributed by atoms with Gasteiger partial charge >= 0.3 is 0 Å². The molecule has 1 aliphatic rings. The highest BCUT2D eigenvalue weighted by molar-refractivity contribution is 6.86. The van der Waals surface area contributed by atoms with Gasteiger partial charge in [0.05, 0.1) is 17.9 Å². The second-order valence-electron chi connectivity index (χ2n) is 4.64. The van der Waals surface area contributed by atoms with Gasteiger partial charge in [-0.25, -0.2) is 0 Å². The maximum absolute atomic E-state index is 6.09. The lowest BCUT2D eigenvalue weighted by atomic mass is 10.0. The molecule has 0 atom stereocenters. The SMILES string of the molecule is COc1occ2c1[Si](C)(C)OC2(C)C. The summed E-state index contributed by atoms with van der Waals surface area (Å²) in [5.74, 6) is 0.627. The molecule has 14 heavy (non-hydrogen) atoms. The van der Waals surface area contributed by atoms with E-state index in [2.05, 4.69) is 26.9 Å². The minimum absolute atomic E-state index is 0.231. The van der Waals surface area contributed by atoms with E-state index in [-0.39, 0.29) is 5.60 Å². The van der Waals surface area contributed by atoms with Crippen molar-refractivity contribution in [1.82, 2.24) is 0 Å². The second kappa shape index (κ2) is 2.64. The highest BCUT2D eigenvalue weighted by Crippen LogP contribution is 2.39. The van der Waals surface area contributed by atoms with Crippen molar-refractivity contribution in [3.63, 3.8) is 0 Å². The Kier molecular flexibility index (Phi) is 1.85. The van der Waals surface area contributed by atoms with Gasteiger partial charge < -0.3 is 13.6 Å². The molecular formula is C10H16O3Si. The van der Waals surface area contributed by atoms with E-state index in [1.807, 2.05) is 0 Å². The molecule has 78 valence electrons. The zero-order chi connectivity index (χ0) is 10.6. The Morgan fingerprint density at radius 3 is 2.57 bits per heavy atom. The Hall–Kier alpha value is -0.743. The summed E-state index contributed by atoms with van der Waals surface area (Å²) in [6, 6.07) is 0. The van der Waals surface area contributed by atoms with E-state index >= 15 is 0 Å². The van der Waals surface area contributed by atoms with Crippen molar-refractivity contribution in [3.8, 4) is 5.95 Å². The van der Waals surface area contributed by atoms with Crippen LogP contribution in [0.15, 0.2) is 10.7 Å². The molecule has 0 saturated carbocycles. The molecule has 2 heterocycles. The minimum atomic E-state index is -1.83. The number of hydrogen-bond acceptors (Lipinski definition) is 3. The first kappa shape index (κ1) is 9.80. The second-order valence-corrected chi connectivity index (χ2v) is 8.36. The van der Waals surface area contributed by atoms with Gasteiger partial charge in [-0.1, -0.05) is 0 Å². The maximum atomic E-state index is 6.09. The molecular weight excluding hydrogens is 196 g/mol. The zero-order valence-electron chi connectivity index (χ0n) is 9.30. The Morgan fingerprint density at radius 1 is 1.36 bits per heavy atom. The van der Waals surface area contributed by atoms with Crippen molar-refractivity contribution >= 4 is 13.5 Å². The Balaban J connectivity index is 2.62. The quantitative estimate of drug-likeness (QED) is 0.667. The van der Waals surface area contributed by atoms with Crippen LogP contribution in [0.1, 0.15) is 19.4 Å². The van der Waals surface area contributed by atoms with Crippen LogP contribution >= 0.6 is 0 Å². The van der Waals surface area contributed by atoms with E-state index < -0.39 is 8.32 Å². The average Bonchev–Trinajstić information content (AvgIpc) is 2.51. The van der Waals surface area contributed by atoms with E-state index in [4.69, 9.17) is 13.6 Å². The largest absolute Gasteiger partial charge is 0.468 e. The number of ether oxygens (including phenoxy) is 1. The number of rotatable bonds is 1. The normalized spacial score (nSPS) is 22.1. The fraction of sp³-hybridized carbons (Fsp3) is 0.600. The molecule has 0 aliphatic carbocycles. The number of fused-ring (bicyclic) bond motifs is 1. The van der Waals surface area contributed by atoms with Gasteiger partial charge in [-0.2, -0.15) is 0 Å². The summed E-state index contributed by atoms with van der Waals surface area (Å²) in [6.07, 6.45) is 1.76. The zero-order valence-corrected chi connectivity index (χ0v) is 10.3. The van der Waals surface area contributed by atoms with E-state index in [0.717, 1.165) is 5.56 Å². The topological polar surface area (TPSA) is 31.6 Å². The van der Waals surface area contributed by atoms with Gasteiger partial charge in [-0.15, -0.1) is 0 Å². The molecule has 0 saturated heterocycles. The summed E-state index contributed by atoms with van der Waals surface area (Å²) in [5, 5.41) is 1.17. The molecule has 0 unspecified atom stereocenters. The van der Waals surface area contributed by atoms with Gasteiger partial charge in [-0.05, 0) is 26.9 Å². The molecule has 0 N–H and O–H groups in total. The van der Waals surface area contributed by atoms with Crippen molar-refractivity contribution in [3.05, 3.63) is 11.8 Å². The van der Waals surface area contributed by atoms with Gasteiger partial charge in [-0.3, -0.25) is 0 Å². The monoisotopic (exact) mass is 212 g/mol. The Labute approximate surface area is 85.1 Å². The summed E-state index contributed by atoms with van der Waals surface area (Å²) in [5.41, 5.74) is 0.914. The summed E-state index contributed by atoms with van der Waals surface area (Å²) in [4.78, 5) is 0. The van der Waals surface area contributed by atoms with Crippen LogP contribution in [0.2, 0.25) is 13.1 Å². The molecule has 2 rings (SSSR count). The number of furan rings is 1. The molecule has 0 aromatic carbocycles. The van der Waals surface area contributed by atoms with Crippen LogP contribution in [0.25, 0.3) is 0 Å². The maximum Gasteiger partial charge on any atom is 0.285 e. The van der Waals surface area contributed by atoms with Gasteiger partial charge in [0, 0.05) is 5.56 Å². The number of hydrogen-bond donors (Lipinski definition) is 0. The summed E-state index contributed by atoms with van der Waals surface area (Å²) < 4.78 is 16.7. The highest BCUT2D eigenvalue weighted by atomic mass is 28.4. The van der Waals surface area contributed by atoms with Crippen LogP contribution in [0.5, 0.6) is 5.95 Å². The molecule has 0 amide bonds. The molecule has 0 radical (unpaired) electrons. The van der Waals surface area contributed by atoms with E-state index in [1.165, 1.54) is 5.19 Å². The lowest BCUT2D eigenvalue weighted by Gasteiger charge is -2.24. The van der Waals surface area contributed by atoms with Gasteiger partial charge in [0.25, 0.3) is 5.95 Å². The molecule has 1 aromatic heterocycles. The lowest BCUT2D eigenvalue weighted by molar-refractivity contribution is 0.114. The standard InChI is InChI=1S/C10H16O3Si/c1-10(2)7-6-12-9(11-3)8(7)14(4,5)13-10/h6H,1-5H3. The summed E-state index contributed by atoms with van der Waals surface area (Å²) in [7, 11) is -0.194. The smallest absolute Gasteiger partial charge is 0.285 e. The van der Waals surface area contributed by atoms with Crippen molar-refractivity contribution in [2.24, 2.45) is 0 Å². The Morgan fingerprint density at radius 2 is 2.00 bits per heavy atom. The molecule has 1 aliphatic heterocycles. The fourth-order valence-electron chi connectivity index (χ4n) is 2.25. The third-order valence-corrected chi connectivity index (χ3v) is 5.40. The van der Waals surface area contributed by atoms with Crippen LogP contribution in [0, 0.1) is 0 Å². The van der Waals surface area contributed by atoms with E-state index in [1.54, 1.807) is 13.4 Å². The molecule has 4 heteroatoms. The van der Waals surface area contributed by atoms with Crippen molar-refractivity contribution in [1.29, 1.82) is 0 Å². The van der Waals surface area contributed by atoms with Crippen molar-refractivity contribution < 1.29 is 13.6 Å². The first-order chi connectivity index (χ1) is 6.38. The van der Waals surface area contributed by atoms with Crippen LogP contribution in [0.4, 0.5) is 0 Å². The molecule has 0 spiro atoms. The molecule has 1 aromatic rings. The average molecular weight is 212 g/mol. The number of methoxy groups -OCH3 is 1. The first-order valence-electron chi connectivity index (χ1n) is 4.75. The fourth-order valence-corrected chi connectivity index (χ4v) is 5.40. The molecule has 3 nitrogen and oxygen atoms in total. The van der Waals surface area contributed by atoms with Crippen molar-refractivity contribution in [2.75, 3.05) is 7.11 Å². The molecule has 0 bridgehead atoms. The van der Waals surface area contributed by atoms with Gasteiger partial charge in [0.2, 0.25) is 8.32 Å². The van der Waals surface area contributed by atoms with Crippen LogP contribution in [-0.2, 0) is 10.0 Å². The van der Waals surface area contributed by atoms with Gasteiger partial charge in [0.1, 0.15) is 6.26 Å². The predicted molar refractivity (Wildman–Crippen MR) is 56.5 cm³/mol. The molecule has 0 fully saturated rings. The third kappa shape index (κ3) is 1.14. The lowest BCUT2D eigenvalue weighted by Crippen LogP contribution is -2.41. The first-order valence-corrected chi connectivity index (χ1v) is 7.66. The summed E-state index contributed by atoms with van der Waals surface area (Å²) >= 11 is 0. The van der Waals surface area contributed by atoms with Gasteiger partial charge in [0.15, 0.2) is 0 Å². The minimum Gasteiger partial charge on any atom is -0.468 e. The highest BCUT2D eigenvalue weighted by Gasteiger charge is 2.49. The van der Waals surface area contributed by atoms with E-state index in [0.29, 0.717) is 5.95 Å². The third-order valence-electron chi connectivity index (χ3n) is 2.70.